The summed E-state index contributed by atoms with van der Waals surface area (Å²) in [5, 5.41) is 9.66. The SMILES string of the molecule is COCCn1cc(C=O)c2cc(NO)ccc21. The molecular weight excluding hydrogens is 220 g/mol. The molecule has 0 saturated heterocycles. The molecule has 1 heterocycles. The smallest absolute Gasteiger partial charge is 0.152 e. The number of anilines is 1. The van der Waals surface area contributed by atoms with Crippen molar-refractivity contribution in [2.75, 3.05) is 19.2 Å². The topological polar surface area (TPSA) is 63.5 Å². The monoisotopic (exact) mass is 234 g/mol. The highest BCUT2D eigenvalue weighted by Gasteiger charge is 2.08. The van der Waals surface area contributed by atoms with E-state index in [9.17, 15) is 4.79 Å². The normalized spacial score (nSPS) is 10.7. The average molecular weight is 234 g/mol. The third-order valence-corrected chi connectivity index (χ3v) is 2.70. The van der Waals surface area contributed by atoms with E-state index in [0.29, 0.717) is 24.4 Å². The van der Waals surface area contributed by atoms with Crippen molar-refractivity contribution in [2.45, 2.75) is 6.54 Å². The number of aldehydes is 1. The van der Waals surface area contributed by atoms with Crippen LogP contribution >= 0.6 is 0 Å². The van der Waals surface area contributed by atoms with Gasteiger partial charge in [0, 0.05) is 36.3 Å². The summed E-state index contributed by atoms with van der Waals surface area (Å²) < 4.78 is 6.98. The van der Waals surface area contributed by atoms with Gasteiger partial charge in [-0.05, 0) is 18.2 Å². The zero-order valence-corrected chi connectivity index (χ0v) is 9.51. The Labute approximate surface area is 98.6 Å². The molecule has 0 unspecified atom stereocenters. The lowest BCUT2D eigenvalue weighted by Crippen LogP contribution is -2.02. The van der Waals surface area contributed by atoms with Crippen molar-refractivity contribution < 1.29 is 14.7 Å². The zero-order chi connectivity index (χ0) is 12.3. The van der Waals surface area contributed by atoms with E-state index < -0.39 is 0 Å². The van der Waals surface area contributed by atoms with Crippen molar-refractivity contribution in [3.8, 4) is 0 Å². The van der Waals surface area contributed by atoms with Gasteiger partial charge in [0.25, 0.3) is 0 Å². The summed E-state index contributed by atoms with van der Waals surface area (Å²) >= 11 is 0. The maximum atomic E-state index is 11.0. The maximum absolute atomic E-state index is 11.0. The van der Waals surface area contributed by atoms with Gasteiger partial charge in [0.1, 0.15) is 0 Å². The third-order valence-electron chi connectivity index (χ3n) is 2.70. The van der Waals surface area contributed by atoms with Gasteiger partial charge in [0.2, 0.25) is 0 Å². The number of hydrogen-bond acceptors (Lipinski definition) is 4. The Bertz CT molecular complexity index is 534. The van der Waals surface area contributed by atoms with Crippen LogP contribution in [-0.4, -0.2) is 29.8 Å². The van der Waals surface area contributed by atoms with Crippen LogP contribution in [0.3, 0.4) is 0 Å². The number of hydrogen-bond donors (Lipinski definition) is 2. The molecule has 0 aliphatic rings. The fourth-order valence-corrected chi connectivity index (χ4v) is 1.86. The van der Waals surface area contributed by atoms with E-state index in [1.807, 2.05) is 10.6 Å². The van der Waals surface area contributed by atoms with E-state index in [1.54, 1.807) is 25.4 Å². The minimum atomic E-state index is 0.560. The molecule has 1 aromatic carbocycles. The molecule has 0 aliphatic carbocycles. The molecule has 2 aromatic rings. The average Bonchev–Trinajstić information content (AvgIpc) is 2.73. The number of ether oxygens (including phenoxy) is 1. The third kappa shape index (κ3) is 2.15. The lowest BCUT2D eigenvalue weighted by atomic mass is 10.2. The second-order valence-corrected chi connectivity index (χ2v) is 3.73. The molecule has 0 saturated carbocycles. The summed E-state index contributed by atoms with van der Waals surface area (Å²) in [7, 11) is 1.64. The largest absolute Gasteiger partial charge is 0.383 e. The van der Waals surface area contributed by atoms with Crippen LogP contribution in [0.1, 0.15) is 10.4 Å². The quantitative estimate of drug-likeness (QED) is 0.612. The summed E-state index contributed by atoms with van der Waals surface area (Å²) in [6.45, 7) is 1.27. The van der Waals surface area contributed by atoms with Gasteiger partial charge in [0.05, 0.1) is 12.3 Å². The molecule has 0 atom stereocenters. The van der Waals surface area contributed by atoms with Gasteiger partial charge in [-0.2, -0.15) is 0 Å². The number of carbonyl (C=O) groups excluding carboxylic acids is 1. The summed E-state index contributed by atoms with van der Waals surface area (Å²) in [5.74, 6) is 0. The van der Waals surface area contributed by atoms with E-state index in [-0.39, 0.29) is 0 Å². The highest BCUT2D eigenvalue weighted by Crippen LogP contribution is 2.23. The number of nitrogens with one attached hydrogen (secondary N) is 1. The van der Waals surface area contributed by atoms with E-state index in [0.717, 1.165) is 17.2 Å². The van der Waals surface area contributed by atoms with E-state index in [2.05, 4.69) is 5.48 Å². The van der Waals surface area contributed by atoms with Crippen molar-refractivity contribution in [3.63, 3.8) is 0 Å². The van der Waals surface area contributed by atoms with Crippen LogP contribution in [0.4, 0.5) is 5.69 Å². The molecule has 0 amide bonds. The van der Waals surface area contributed by atoms with Crippen LogP contribution < -0.4 is 5.48 Å². The molecule has 2 N–H and O–H groups in total. The lowest BCUT2D eigenvalue weighted by Gasteiger charge is -2.04. The molecule has 0 radical (unpaired) electrons. The first-order chi connectivity index (χ1) is 8.30. The molecule has 1 aromatic heterocycles. The number of rotatable bonds is 5. The van der Waals surface area contributed by atoms with Gasteiger partial charge in [-0.25, -0.2) is 0 Å². The summed E-state index contributed by atoms with van der Waals surface area (Å²) in [5.41, 5.74) is 4.19. The Morgan fingerprint density at radius 3 is 3.00 bits per heavy atom. The van der Waals surface area contributed by atoms with Gasteiger partial charge in [-0.3, -0.25) is 15.5 Å². The predicted octanol–water partition coefficient (Wildman–Crippen LogP) is 1.90. The second kappa shape index (κ2) is 4.99. The Kier molecular flexibility index (Phi) is 3.41. The van der Waals surface area contributed by atoms with Crippen LogP contribution in [0.15, 0.2) is 24.4 Å². The molecule has 5 nitrogen and oxygen atoms in total. The molecule has 0 bridgehead atoms. The molecule has 90 valence electrons. The summed E-state index contributed by atoms with van der Waals surface area (Å²) in [4.78, 5) is 11.0. The van der Waals surface area contributed by atoms with Gasteiger partial charge in [-0.15, -0.1) is 0 Å². The summed E-state index contributed by atoms with van der Waals surface area (Å²) in [6, 6.07) is 5.35. The number of benzene rings is 1. The van der Waals surface area contributed by atoms with Crippen molar-refractivity contribution >= 4 is 22.9 Å². The standard InChI is InChI=1S/C12H14N2O3/c1-17-5-4-14-7-9(8-15)11-6-10(13-16)2-3-12(11)14/h2-3,6-8,13,16H,4-5H2,1H3. The second-order valence-electron chi connectivity index (χ2n) is 3.73. The zero-order valence-electron chi connectivity index (χ0n) is 9.51. The molecule has 2 rings (SSSR count). The van der Waals surface area contributed by atoms with E-state index >= 15 is 0 Å². The van der Waals surface area contributed by atoms with E-state index in [4.69, 9.17) is 9.94 Å². The van der Waals surface area contributed by atoms with Gasteiger partial charge in [-0.1, -0.05) is 0 Å². The Morgan fingerprint density at radius 1 is 1.53 bits per heavy atom. The molecule has 17 heavy (non-hydrogen) atoms. The molecule has 0 spiro atoms. The van der Waals surface area contributed by atoms with Gasteiger partial charge in [0.15, 0.2) is 6.29 Å². The number of aromatic nitrogens is 1. The Hall–Kier alpha value is -1.85. The van der Waals surface area contributed by atoms with Crippen LogP contribution in [0.2, 0.25) is 0 Å². The maximum Gasteiger partial charge on any atom is 0.152 e. The number of fused-ring (bicyclic) bond motifs is 1. The highest BCUT2D eigenvalue weighted by atomic mass is 16.5. The number of carbonyl (C=O) groups is 1. The highest BCUT2D eigenvalue weighted by molar-refractivity contribution is 5.99. The lowest BCUT2D eigenvalue weighted by molar-refractivity contribution is 0.112. The molecular formula is C12H14N2O3. The van der Waals surface area contributed by atoms with Crippen molar-refractivity contribution in [1.82, 2.24) is 4.57 Å². The number of methoxy groups -OCH3 is 1. The Morgan fingerprint density at radius 2 is 2.35 bits per heavy atom. The van der Waals surface area contributed by atoms with E-state index in [1.165, 1.54) is 0 Å². The van der Waals surface area contributed by atoms with Crippen molar-refractivity contribution in [1.29, 1.82) is 0 Å². The van der Waals surface area contributed by atoms with Crippen LogP contribution in [0.25, 0.3) is 10.9 Å². The predicted molar refractivity (Wildman–Crippen MR) is 64.6 cm³/mol. The van der Waals surface area contributed by atoms with Gasteiger partial charge < -0.3 is 9.30 Å². The van der Waals surface area contributed by atoms with Crippen LogP contribution in [0.5, 0.6) is 0 Å². The van der Waals surface area contributed by atoms with Gasteiger partial charge >= 0.3 is 0 Å². The van der Waals surface area contributed by atoms with Crippen molar-refractivity contribution in [3.05, 3.63) is 30.0 Å². The molecule has 0 fully saturated rings. The fourth-order valence-electron chi connectivity index (χ4n) is 1.86. The van der Waals surface area contributed by atoms with Crippen LogP contribution in [-0.2, 0) is 11.3 Å². The Balaban J connectivity index is 2.52. The van der Waals surface area contributed by atoms with Crippen LogP contribution in [0, 0.1) is 0 Å². The fraction of sp³-hybridized carbons (Fsp3) is 0.250. The first-order valence-electron chi connectivity index (χ1n) is 5.27. The molecule has 0 aliphatic heterocycles. The number of nitrogens with zero attached hydrogens (tertiary/aromatic N) is 1. The first-order valence-corrected chi connectivity index (χ1v) is 5.27. The first kappa shape index (κ1) is 11.6. The van der Waals surface area contributed by atoms with Crippen molar-refractivity contribution in [2.24, 2.45) is 0 Å². The summed E-state index contributed by atoms with van der Waals surface area (Å²) in [6.07, 6.45) is 2.60. The molecule has 5 heteroatoms. The minimum absolute atomic E-state index is 0.560. The minimum Gasteiger partial charge on any atom is -0.383 e.